The SMILES string of the molecule is CCCOc1ccc(/C=C/C(=O)Nc2cc(OC)c(C(=O)OCC)cc2Cl)cc1. The van der Waals surface area contributed by atoms with Crippen molar-refractivity contribution in [2.24, 2.45) is 0 Å². The molecule has 0 bridgehead atoms. The van der Waals surface area contributed by atoms with Gasteiger partial charge in [-0.05, 0) is 43.2 Å². The van der Waals surface area contributed by atoms with Crippen LogP contribution in [-0.4, -0.2) is 32.2 Å². The number of methoxy groups -OCH3 is 1. The van der Waals surface area contributed by atoms with Crippen LogP contribution in [0.3, 0.4) is 0 Å². The molecule has 0 radical (unpaired) electrons. The van der Waals surface area contributed by atoms with Crippen LogP contribution in [0.1, 0.15) is 36.2 Å². The van der Waals surface area contributed by atoms with Gasteiger partial charge in [-0.25, -0.2) is 4.79 Å². The number of hydrogen-bond donors (Lipinski definition) is 1. The minimum Gasteiger partial charge on any atom is -0.496 e. The molecular weight excluding hydrogens is 394 g/mol. The van der Waals surface area contributed by atoms with E-state index < -0.39 is 5.97 Å². The lowest BCUT2D eigenvalue weighted by Crippen LogP contribution is -2.11. The summed E-state index contributed by atoms with van der Waals surface area (Å²) in [5.41, 5.74) is 1.37. The summed E-state index contributed by atoms with van der Waals surface area (Å²) in [6.07, 6.45) is 4.01. The summed E-state index contributed by atoms with van der Waals surface area (Å²) in [6, 6.07) is 10.3. The fourth-order valence-electron chi connectivity index (χ4n) is 2.43. The number of esters is 1. The summed E-state index contributed by atoms with van der Waals surface area (Å²) in [4.78, 5) is 24.2. The lowest BCUT2D eigenvalue weighted by molar-refractivity contribution is -0.111. The van der Waals surface area contributed by atoms with Crippen LogP contribution in [0.15, 0.2) is 42.5 Å². The van der Waals surface area contributed by atoms with E-state index in [9.17, 15) is 9.59 Å². The number of benzene rings is 2. The molecule has 7 heteroatoms. The maximum atomic E-state index is 12.3. The predicted octanol–water partition coefficient (Wildman–Crippen LogP) is 4.97. The molecule has 0 aliphatic rings. The molecule has 0 heterocycles. The Morgan fingerprint density at radius 3 is 2.48 bits per heavy atom. The van der Waals surface area contributed by atoms with Crippen molar-refractivity contribution in [3.63, 3.8) is 0 Å². The molecule has 2 aromatic rings. The number of anilines is 1. The molecule has 0 fully saturated rings. The fourth-order valence-corrected chi connectivity index (χ4v) is 2.64. The zero-order chi connectivity index (χ0) is 21.2. The largest absolute Gasteiger partial charge is 0.496 e. The topological polar surface area (TPSA) is 73.9 Å². The number of amides is 1. The van der Waals surface area contributed by atoms with Crippen molar-refractivity contribution in [3.05, 3.63) is 58.6 Å². The average molecular weight is 418 g/mol. The van der Waals surface area contributed by atoms with E-state index in [0.717, 1.165) is 17.7 Å². The van der Waals surface area contributed by atoms with Crippen LogP contribution >= 0.6 is 11.6 Å². The highest BCUT2D eigenvalue weighted by atomic mass is 35.5. The van der Waals surface area contributed by atoms with Crippen LogP contribution in [-0.2, 0) is 9.53 Å². The first-order valence-electron chi connectivity index (χ1n) is 9.25. The van der Waals surface area contributed by atoms with Crippen LogP contribution < -0.4 is 14.8 Å². The van der Waals surface area contributed by atoms with Crippen LogP contribution in [0.5, 0.6) is 11.5 Å². The molecule has 1 N–H and O–H groups in total. The van der Waals surface area contributed by atoms with Crippen LogP contribution in [0.2, 0.25) is 5.02 Å². The zero-order valence-corrected chi connectivity index (χ0v) is 17.4. The first-order valence-corrected chi connectivity index (χ1v) is 9.62. The smallest absolute Gasteiger partial charge is 0.341 e. The molecule has 29 heavy (non-hydrogen) atoms. The Balaban J connectivity index is 2.08. The molecule has 0 atom stereocenters. The molecule has 0 saturated carbocycles. The van der Waals surface area contributed by atoms with Gasteiger partial charge in [0, 0.05) is 12.1 Å². The fraction of sp³-hybridized carbons (Fsp3) is 0.273. The molecule has 0 aliphatic heterocycles. The van der Waals surface area contributed by atoms with Gasteiger partial charge in [-0.15, -0.1) is 0 Å². The summed E-state index contributed by atoms with van der Waals surface area (Å²) in [5.74, 6) is 0.128. The molecule has 0 saturated heterocycles. The Kier molecular flexibility index (Phi) is 8.55. The highest BCUT2D eigenvalue weighted by Crippen LogP contribution is 2.31. The highest BCUT2D eigenvalue weighted by Gasteiger charge is 2.17. The van der Waals surface area contributed by atoms with E-state index in [1.807, 2.05) is 31.2 Å². The van der Waals surface area contributed by atoms with Gasteiger partial charge in [0.1, 0.15) is 17.1 Å². The molecule has 0 aromatic heterocycles. The van der Waals surface area contributed by atoms with Gasteiger partial charge in [0.05, 0.1) is 31.0 Å². The molecule has 2 aromatic carbocycles. The standard InChI is InChI=1S/C22H24ClNO5/c1-4-12-29-16-9-6-15(7-10-16)8-11-21(25)24-19-14-20(27-3)17(13-18(19)23)22(26)28-5-2/h6-11,13-14H,4-5,12H2,1-3H3,(H,24,25)/b11-8+. The van der Waals surface area contributed by atoms with Crippen molar-refractivity contribution in [2.75, 3.05) is 25.6 Å². The lowest BCUT2D eigenvalue weighted by atomic mass is 10.1. The van der Waals surface area contributed by atoms with Crippen LogP contribution in [0.25, 0.3) is 6.08 Å². The Labute approximate surface area is 175 Å². The second-order valence-electron chi connectivity index (χ2n) is 5.99. The van der Waals surface area contributed by atoms with E-state index in [4.69, 9.17) is 25.8 Å². The number of rotatable bonds is 9. The average Bonchev–Trinajstić information content (AvgIpc) is 2.72. The molecule has 6 nitrogen and oxygen atoms in total. The van der Waals surface area contributed by atoms with E-state index in [-0.39, 0.29) is 28.8 Å². The van der Waals surface area contributed by atoms with Crippen molar-refractivity contribution in [1.82, 2.24) is 0 Å². The molecule has 0 spiro atoms. The van der Waals surface area contributed by atoms with Crippen molar-refractivity contribution in [3.8, 4) is 11.5 Å². The van der Waals surface area contributed by atoms with Gasteiger partial charge in [-0.1, -0.05) is 30.7 Å². The van der Waals surface area contributed by atoms with Crippen molar-refractivity contribution < 1.29 is 23.8 Å². The molecule has 0 unspecified atom stereocenters. The first-order chi connectivity index (χ1) is 14.0. The predicted molar refractivity (Wildman–Crippen MR) is 114 cm³/mol. The van der Waals surface area contributed by atoms with Crippen molar-refractivity contribution in [2.45, 2.75) is 20.3 Å². The minimum absolute atomic E-state index is 0.193. The Bertz CT molecular complexity index is 878. The number of carbonyl (C=O) groups is 2. The number of ether oxygens (including phenoxy) is 3. The lowest BCUT2D eigenvalue weighted by Gasteiger charge is -2.12. The van der Waals surface area contributed by atoms with Gasteiger partial charge in [-0.2, -0.15) is 0 Å². The van der Waals surface area contributed by atoms with Gasteiger partial charge in [0.2, 0.25) is 5.91 Å². The molecular formula is C22H24ClNO5. The minimum atomic E-state index is -0.546. The van der Waals surface area contributed by atoms with Gasteiger partial charge < -0.3 is 19.5 Å². The Morgan fingerprint density at radius 2 is 1.86 bits per heavy atom. The normalized spacial score (nSPS) is 10.6. The number of carbonyl (C=O) groups excluding carboxylic acids is 2. The number of hydrogen-bond acceptors (Lipinski definition) is 5. The third-order valence-corrected chi connectivity index (χ3v) is 4.14. The van der Waals surface area contributed by atoms with E-state index >= 15 is 0 Å². The molecule has 154 valence electrons. The zero-order valence-electron chi connectivity index (χ0n) is 16.7. The number of nitrogens with one attached hydrogen (secondary N) is 1. The summed E-state index contributed by atoms with van der Waals surface area (Å²) in [5, 5.41) is 2.88. The maximum Gasteiger partial charge on any atom is 0.341 e. The van der Waals surface area contributed by atoms with E-state index in [1.165, 1.54) is 25.3 Å². The monoisotopic (exact) mass is 417 g/mol. The summed E-state index contributed by atoms with van der Waals surface area (Å²) in [6.45, 7) is 4.64. The van der Waals surface area contributed by atoms with Crippen molar-refractivity contribution in [1.29, 1.82) is 0 Å². The quantitative estimate of drug-likeness (QED) is 0.460. The Hall–Kier alpha value is -2.99. The van der Waals surface area contributed by atoms with Crippen molar-refractivity contribution >= 4 is 35.2 Å². The summed E-state index contributed by atoms with van der Waals surface area (Å²) >= 11 is 6.21. The summed E-state index contributed by atoms with van der Waals surface area (Å²) in [7, 11) is 1.42. The van der Waals surface area contributed by atoms with E-state index in [1.54, 1.807) is 13.0 Å². The van der Waals surface area contributed by atoms with Gasteiger partial charge in [0.25, 0.3) is 0 Å². The van der Waals surface area contributed by atoms with Crippen LogP contribution in [0.4, 0.5) is 5.69 Å². The second-order valence-corrected chi connectivity index (χ2v) is 6.40. The first kappa shape index (κ1) is 22.3. The van der Waals surface area contributed by atoms with Gasteiger partial charge in [-0.3, -0.25) is 4.79 Å². The highest BCUT2D eigenvalue weighted by molar-refractivity contribution is 6.34. The van der Waals surface area contributed by atoms with Crippen LogP contribution in [0, 0.1) is 0 Å². The molecule has 1 amide bonds. The molecule has 2 rings (SSSR count). The second kappa shape index (κ2) is 11.1. The van der Waals surface area contributed by atoms with Gasteiger partial charge in [0.15, 0.2) is 0 Å². The Morgan fingerprint density at radius 1 is 1.14 bits per heavy atom. The number of halogens is 1. The third-order valence-electron chi connectivity index (χ3n) is 3.82. The van der Waals surface area contributed by atoms with E-state index in [0.29, 0.717) is 12.3 Å². The van der Waals surface area contributed by atoms with Gasteiger partial charge >= 0.3 is 5.97 Å². The molecule has 0 aliphatic carbocycles. The maximum absolute atomic E-state index is 12.3. The summed E-state index contributed by atoms with van der Waals surface area (Å²) < 4.78 is 15.7. The van der Waals surface area contributed by atoms with E-state index in [2.05, 4.69) is 5.32 Å². The third kappa shape index (κ3) is 6.54.